The van der Waals surface area contributed by atoms with Crippen LogP contribution in [0.25, 0.3) is 0 Å². The number of nitrogens with one attached hydrogen (secondary N) is 1. The summed E-state index contributed by atoms with van der Waals surface area (Å²) in [6, 6.07) is 0. The molecular weight excluding hydrogens is 166 g/mol. The third-order valence-electron chi connectivity index (χ3n) is 2.40. The molecule has 1 N–H and O–H groups in total. The topological polar surface area (TPSA) is 38.3 Å². The van der Waals surface area contributed by atoms with Gasteiger partial charge in [-0.3, -0.25) is 4.79 Å². The molecule has 0 aromatic carbocycles. The maximum Gasteiger partial charge on any atom is 0.296 e. The highest BCUT2D eigenvalue weighted by molar-refractivity contribution is 5.93. The molecule has 3 nitrogen and oxygen atoms in total. The van der Waals surface area contributed by atoms with Gasteiger partial charge in [-0.05, 0) is 25.7 Å². The van der Waals surface area contributed by atoms with E-state index in [9.17, 15) is 4.79 Å². The maximum atomic E-state index is 11.2. The summed E-state index contributed by atoms with van der Waals surface area (Å²) in [5.74, 6) is 4.86. The van der Waals surface area contributed by atoms with Crippen LogP contribution in [0.2, 0.25) is 0 Å². The Labute approximate surface area is 78.8 Å². The van der Waals surface area contributed by atoms with Crippen molar-refractivity contribution in [3.8, 4) is 11.8 Å². The average molecular weight is 181 g/mol. The molecule has 1 aliphatic heterocycles. The molecule has 0 spiro atoms. The number of rotatable bonds is 2. The molecule has 0 radical (unpaired) electrons. The first kappa shape index (κ1) is 10.1. The zero-order chi connectivity index (χ0) is 9.73. The highest BCUT2D eigenvalue weighted by atomic mass is 16.5. The molecule has 1 rings (SSSR count). The van der Waals surface area contributed by atoms with Crippen LogP contribution in [0.3, 0.4) is 0 Å². The first-order valence-corrected chi connectivity index (χ1v) is 4.55. The molecule has 1 atom stereocenters. The average Bonchev–Trinajstić information content (AvgIpc) is 2.54. The van der Waals surface area contributed by atoms with Gasteiger partial charge in [-0.2, -0.15) is 0 Å². The molecule has 72 valence electrons. The molecule has 3 heteroatoms. The second-order valence-corrected chi connectivity index (χ2v) is 3.27. The second kappa shape index (κ2) is 4.29. The molecule has 0 aliphatic carbocycles. The van der Waals surface area contributed by atoms with Gasteiger partial charge in [0.2, 0.25) is 0 Å². The molecule has 0 bridgehead atoms. The van der Waals surface area contributed by atoms with Crippen molar-refractivity contribution in [2.45, 2.75) is 32.2 Å². The molecular formula is C10H15NO2. The van der Waals surface area contributed by atoms with Crippen molar-refractivity contribution in [2.75, 3.05) is 13.2 Å². The Kier molecular flexibility index (Phi) is 3.32. The van der Waals surface area contributed by atoms with Crippen molar-refractivity contribution >= 4 is 5.91 Å². The lowest BCUT2D eigenvalue weighted by molar-refractivity contribution is -0.117. The van der Waals surface area contributed by atoms with Gasteiger partial charge in [-0.15, -0.1) is 0 Å². The van der Waals surface area contributed by atoms with E-state index in [4.69, 9.17) is 4.74 Å². The standard InChI is InChI=1S/C10H15NO2/c1-3-5-9(12)11-10(4-2)6-7-13-8-10/h4,6-8H2,1-2H3,(H,11,12). The lowest BCUT2D eigenvalue weighted by atomic mass is 9.95. The van der Waals surface area contributed by atoms with Crippen LogP contribution in [0.4, 0.5) is 0 Å². The van der Waals surface area contributed by atoms with E-state index < -0.39 is 0 Å². The Balaban J connectivity index is 2.56. The van der Waals surface area contributed by atoms with E-state index in [-0.39, 0.29) is 11.4 Å². The predicted octanol–water partition coefficient (Wildman–Crippen LogP) is 0.695. The van der Waals surface area contributed by atoms with E-state index in [1.54, 1.807) is 6.92 Å². The lowest BCUT2D eigenvalue weighted by Crippen LogP contribution is -2.48. The number of amides is 1. The molecule has 1 unspecified atom stereocenters. The van der Waals surface area contributed by atoms with Crippen molar-refractivity contribution in [1.82, 2.24) is 5.32 Å². The highest BCUT2D eigenvalue weighted by Gasteiger charge is 2.34. The Bertz CT molecular complexity index is 243. The second-order valence-electron chi connectivity index (χ2n) is 3.27. The van der Waals surface area contributed by atoms with Crippen molar-refractivity contribution in [2.24, 2.45) is 0 Å². The summed E-state index contributed by atoms with van der Waals surface area (Å²) in [6.45, 7) is 5.05. The van der Waals surface area contributed by atoms with E-state index in [0.717, 1.165) is 19.4 Å². The number of carbonyl (C=O) groups is 1. The van der Waals surface area contributed by atoms with Crippen molar-refractivity contribution < 1.29 is 9.53 Å². The molecule has 0 aromatic heterocycles. The van der Waals surface area contributed by atoms with Crippen LogP contribution in [0.1, 0.15) is 26.7 Å². The third-order valence-corrected chi connectivity index (χ3v) is 2.40. The van der Waals surface area contributed by atoms with Crippen molar-refractivity contribution in [3.05, 3.63) is 0 Å². The first-order chi connectivity index (χ1) is 6.22. The van der Waals surface area contributed by atoms with E-state index in [1.807, 2.05) is 6.92 Å². The van der Waals surface area contributed by atoms with Crippen LogP contribution in [0, 0.1) is 11.8 Å². The summed E-state index contributed by atoms with van der Waals surface area (Å²) >= 11 is 0. The monoisotopic (exact) mass is 181 g/mol. The minimum atomic E-state index is -0.199. The van der Waals surface area contributed by atoms with Crippen LogP contribution < -0.4 is 5.32 Å². The predicted molar refractivity (Wildman–Crippen MR) is 50.1 cm³/mol. The quantitative estimate of drug-likeness (QED) is 0.637. The van der Waals surface area contributed by atoms with Crippen LogP contribution in [-0.4, -0.2) is 24.7 Å². The minimum absolute atomic E-state index is 0.166. The van der Waals surface area contributed by atoms with Gasteiger partial charge < -0.3 is 10.1 Å². The largest absolute Gasteiger partial charge is 0.379 e. The number of hydrogen-bond donors (Lipinski definition) is 1. The molecule has 13 heavy (non-hydrogen) atoms. The van der Waals surface area contributed by atoms with Gasteiger partial charge in [0.1, 0.15) is 0 Å². The van der Waals surface area contributed by atoms with Gasteiger partial charge >= 0.3 is 0 Å². The van der Waals surface area contributed by atoms with Crippen molar-refractivity contribution in [1.29, 1.82) is 0 Å². The third kappa shape index (κ3) is 2.46. The summed E-state index contributed by atoms with van der Waals surface area (Å²) in [7, 11) is 0. The van der Waals surface area contributed by atoms with Crippen molar-refractivity contribution in [3.63, 3.8) is 0 Å². The van der Waals surface area contributed by atoms with Crippen LogP contribution in [0.5, 0.6) is 0 Å². The molecule has 0 saturated carbocycles. The van der Waals surface area contributed by atoms with Gasteiger partial charge in [0, 0.05) is 6.61 Å². The normalized spacial score (nSPS) is 26.3. The number of hydrogen-bond acceptors (Lipinski definition) is 2. The Morgan fingerprint density at radius 2 is 2.46 bits per heavy atom. The SMILES string of the molecule is CC#CC(=O)NC1(CC)CCOC1. The first-order valence-electron chi connectivity index (χ1n) is 4.55. The lowest BCUT2D eigenvalue weighted by Gasteiger charge is -2.25. The van der Waals surface area contributed by atoms with Gasteiger partial charge in [0.15, 0.2) is 0 Å². The summed E-state index contributed by atoms with van der Waals surface area (Å²) in [4.78, 5) is 11.2. The van der Waals surface area contributed by atoms with Gasteiger partial charge in [-0.1, -0.05) is 12.8 Å². The smallest absolute Gasteiger partial charge is 0.296 e. The molecule has 1 heterocycles. The summed E-state index contributed by atoms with van der Waals surface area (Å²) < 4.78 is 5.27. The zero-order valence-electron chi connectivity index (χ0n) is 8.14. The molecule has 1 amide bonds. The maximum absolute atomic E-state index is 11.2. The van der Waals surface area contributed by atoms with E-state index in [0.29, 0.717) is 6.61 Å². The van der Waals surface area contributed by atoms with Gasteiger partial charge in [-0.25, -0.2) is 0 Å². The molecule has 1 fully saturated rings. The fourth-order valence-corrected chi connectivity index (χ4v) is 1.46. The van der Waals surface area contributed by atoms with Crippen LogP contribution in [-0.2, 0) is 9.53 Å². The van der Waals surface area contributed by atoms with E-state index >= 15 is 0 Å². The van der Waals surface area contributed by atoms with Gasteiger partial charge in [0.25, 0.3) is 5.91 Å². The van der Waals surface area contributed by atoms with E-state index in [2.05, 4.69) is 17.2 Å². The molecule has 1 aliphatic rings. The molecule has 1 saturated heterocycles. The fraction of sp³-hybridized carbons (Fsp3) is 0.700. The Hall–Kier alpha value is -1.01. The molecule has 0 aromatic rings. The van der Waals surface area contributed by atoms with E-state index in [1.165, 1.54) is 0 Å². The number of ether oxygens (including phenoxy) is 1. The zero-order valence-corrected chi connectivity index (χ0v) is 8.14. The fourth-order valence-electron chi connectivity index (χ4n) is 1.46. The summed E-state index contributed by atoms with van der Waals surface area (Å²) in [6.07, 6.45) is 1.78. The summed E-state index contributed by atoms with van der Waals surface area (Å²) in [5, 5.41) is 2.91. The minimum Gasteiger partial charge on any atom is -0.379 e. The Morgan fingerprint density at radius 1 is 1.69 bits per heavy atom. The van der Waals surface area contributed by atoms with Crippen LogP contribution in [0.15, 0.2) is 0 Å². The van der Waals surface area contributed by atoms with Crippen LogP contribution >= 0.6 is 0 Å². The Morgan fingerprint density at radius 3 is 2.92 bits per heavy atom. The van der Waals surface area contributed by atoms with Gasteiger partial charge in [0.05, 0.1) is 12.1 Å². The highest BCUT2D eigenvalue weighted by Crippen LogP contribution is 2.21. The summed E-state index contributed by atoms with van der Waals surface area (Å²) in [5.41, 5.74) is -0.166. The number of carbonyl (C=O) groups excluding carboxylic acids is 1.